The van der Waals surface area contributed by atoms with Crippen molar-refractivity contribution in [3.05, 3.63) is 29.8 Å². The number of amides is 3. The summed E-state index contributed by atoms with van der Waals surface area (Å²) in [5, 5.41) is 2.69. The molecular weight excluding hydrogens is 384 g/mol. The van der Waals surface area contributed by atoms with Crippen LogP contribution in [0, 0.1) is 11.8 Å². The second-order valence-electron chi connectivity index (χ2n) is 8.08. The number of ether oxygens (including phenoxy) is 1. The Hall–Kier alpha value is -2.70. The molecule has 1 aliphatic heterocycles. The molecule has 3 amide bonds. The van der Waals surface area contributed by atoms with Crippen LogP contribution in [0.2, 0.25) is 0 Å². The zero-order valence-electron chi connectivity index (χ0n) is 17.5. The predicted octanol–water partition coefficient (Wildman–Crippen LogP) is 3.08. The van der Waals surface area contributed by atoms with E-state index in [9.17, 15) is 19.2 Å². The second kappa shape index (κ2) is 10.4. The van der Waals surface area contributed by atoms with Gasteiger partial charge in [0, 0.05) is 12.2 Å². The fourth-order valence-electron chi connectivity index (χ4n) is 4.21. The molecule has 0 aromatic heterocycles. The number of unbranched alkanes of at least 4 members (excludes halogenated alkanes) is 1. The molecule has 7 nitrogen and oxygen atoms in total. The zero-order valence-corrected chi connectivity index (χ0v) is 17.5. The van der Waals surface area contributed by atoms with Gasteiger partial charge in [0.25, 0.3) is 5.91 Å². The molecule has 2 aliphatic rings. The standard InChI is InChI=1S/C23H30N2O5/c1-2-3-6-16-9-11-17(12-10-16)24-20(26)15-30-21(27)13-14-25-22(28)18-7-4-5-8-19(18)23(25)29/h9-12,18-19H,2-8,13-15H2,1H3,(H,24,26)/t18-,19-/m1/s1. The second-order valence-corrected chi connectivity index (χ2v) is 8.08. The van der Waals surface area contributed by atoms with Crippen molar-refractivity contribution in [3.63, 3.8) is 0 Å². The van der Waals surface area contributed by atoms with Gasteiger partial charge in [-0.05, 0) is 43.4 Å². The smallest absolute Gasteiger partial charge is 0.308 e. The summed E-state index contributed by atoms with van der Waals surface area (Å²) in [6.45, 7) is 1.76. The first-order valence-electron chi connectivity index (χ1n) is 10.9. The molecule has 0 spiro atoms. The van der Waals surface area contributed by atoms with Crippen molar-refractivity contribution in [2.24, 2.45) is 11.8 Å². The molecule has 162 valence electrons. The molecule has 1 aromatic rings. The van der Waals surface area contributed by atoms with Gasteiger partial charge in [-0.15, -0.1) is 0 Å². The Morgan fingerprint density at radius 1 is 1.07 bits per heavy atom. The Morgan fingerprint density at radius 2 is 1.70 bits per heavy atom. The fourth-order valence-corrected chi connectivity index (χ4v) is 4.21. The molecule has 1 saturated heterocycles. The SMILES string of the molecule is CCCCc1ccc(NC(=O)COC(=O)CCN2C(=O)[C@@H]3CCCC[C@H]3C2=O)cc1. The highest BCUT2D eigenvalue weighted by molar-refractivity contribution is 6.05. The third-order valence-electron chi connectivity index (χ3n) is 5.89. The Balaban J connectivity index is 1.38. The lowest BCUT2D eigenvalue weighted by atomic mass is 9.81. The summed E-state index contributed by atoms with van der Waals surface area (Å²) in [7, 11) is 0. The van der Waals surface area contributed by atoms with Gasteiger partial charge in [0.1, 0.15) is 0 Å². The predicted molar refractivity (Wildman–Crippen MR) is 111 cm³/mol. The van der Waals surface area contributed by atoms with Crippen molar-refractivity contribution in [2.75, 3.05) is 18.5 Å². The van der Waals surface area contributed by atoms with Gasteiger partial charge in [-0.25, -0.2) is 0 Å². The van der Waals surface area contributed by atoms with Crippen LogP contribution in [0.3, 0.4) is 0 Å². The maximum atomic E-state index is 12.4. The summed E-state index contributed by atoms with van der Waals surface area (Å²) in [6, 6.07) is 7.60. The van der Waals surface area contributed by atoms with Gasteiger partial charge in [0.05, 0.1) is 18.3 Å². The molecule has 2 atom stereocenters. The third kappa shape index (κ3) is 5.46. The van der Waals surface area contributed by atoms with E-state index in [1.54, 1.807) is 0 Å². The van der Waals surface area contributed by atoms with E-state index in [0.29, 0.717) is 5.69 Å². The molecule has 0 bridgehead atoms. The molecule has 1 saturated carbocycles. The van der Waals surface area contributed by atoms with Crippen molar-refractivity contribution in [1.82, 2.24) is 4.90 Å². The Bertz CT molecular complexity index is 765. The number of fused-ring (bicyclic) bond motifs is 1. The van der Waals surface area contributed by atoms with E-state index in [-0.39, 0.29) is 36.6 Å². The number of benzene rings is 1. The maximum Gasteiger partial charge on any atom is 0.308 e. The zero-order chi connectivity index (χ0) is 21.5. The Kier molecular flexibility index (Phi) is 7.60. The molecule has 0 unspecified atom stereocenters. The lowest BCUT2D eigenvalue weighted by Crippen LogP contribution is -2.33. The van der Waals surface area contributed by atoms with E-state index >= 15 is 0 Å². The molecule has 1 aliphatic carbocycles. The van der Waals surface area contributed by atoms with E-state index in [4.69, 9.17) is 4.74 Å². The van der Waals surface area contributed by atoms with E-state index in [1.807, 2.05) is 24.3 Å². The molecule has 1 heterocycles. The number of carbonyl (C=O) groups is 4. The number of esters is 1. The topological polar surface area (TPSA) is 92.8 Å². The highest BCUT2D eigenvalue weighted by Crippen LogP contribution is 2.37. The number of aryl methyl sites for hydroxylation is 1. The Morgan fingerprint density at radius 3 is 2.30 bits per heavy atom. The highest BCUT2D eigenvalue weighted by Gasteiger charge is 2.47. The normalized spacial score (nSPS) is 20.8. The van der Waals surface area contributed by atoms with E-state index in [0.717, 1.165) is 44.9 Å². The number of nitrogens with one attached hydrogen (secondary N) is 1. The third-order valence-corrected chi connectivity index (χ3v) is 5.89. The highest BCUT2D eigenvalue weighted by atomic mass is 16.5. The van der Waals surface area contributed by atoms with Gasteiger partial charge < -0.3 is 10.1 Å². The lowest BCUT2D eigenvalue weighted by molar-refractivity contribution is -0.148. The first kappa shape index (κ1) is 22.0. The molecule has 2 fully saturated rings. The van der Waals surface area contributed by atoms with Crippen LogP contribution in [0.15, 0.2) is 24.3 Å². The average Bonchev–Trinajstić information content (AvgIpc) is 3.00. The van der Waals surface area contributed by atoms with Crippen LogP contribution in [0.25, 0.3) is 0 Å². The van der Waals surface area contributed by atoms with Gasteiger partial charge in [0.15, 0.2) is 6.61 Å². The Labute approximate surface area is 177 Å². The van der Waals surface area contributed by atoms with Crippen LogP contribution in [-0.2, 0) is 30.3 Å². The van der Waals surface area contributed by atoms with Gasteiger partial charge >= 0.3 is 5.97 Å². The van der Waals surface area contributed by atoms with E-state index < -0.39 is 18.5 Å². The lowest BCUT2D eigenvalue weighted by Gasteiger charge is -2.19. The molecule has 3 rings (SSSR count). The average molecular weight is 415 g/mol. The minimum absolute atomic E-state index is 0.0182. The van der Waals surface area contributed by atoms with Crippen molar-refractivity contribution < 1.29 is 23.9 Å². The van der Waals surface area contributed by atoms with Crippen LogP contribution in [-0.4, -0.2) is 41.7 Å². The summed E-state index contributed by atoms with van der Waals surface area (Å²) in [6.07, 6.45) is 6.58. The number of likely N-dealkylation sites (tertiary alicyclic amines) is 1. The van der Waals surface area contributed by atoms with Gasteiger partial charge in [-0.2, -0.15) is 0 Å². The van der Waals surface area contributed by atoms with E-state index in [2.05, 4.69) is 12.2 Å². The number of carbonyl (C=O) groups excluding carboxylic acids is 4. The van der Waals surface area contributed by atoms with Crippen LogP contribution < -0.4 is 5.32 Å². The molecular formula is C23H30N2O5. The van der Waals surface area contributed by atoms with Gasteiger partial charge in [0.2, 0.25) is 11.8 Å². The minimum atomic E-state index is -0.601. The number of anilines is 1. The number of hydrogen-bond acceptors (Lipinski definition) is 5. The van der Waals surface area contributed by atoms with Gasteiger partial charge in [-0.3, -0.25) is 24.1 Å². The summed E-state index contributed by atoms with van der Waals surface area (Å²) >= 11 is 0. The summed E-state index contributed by atoms with van der Waals surface area (Å²) in [5.74, 6) is -1.81. The minimum Gasteiger partial charge on any atom is -0.456 e. The monoisotopic (exact) mass is 414 g/mol. The van der Waals surface area contributed by atoms with Crippen molar-refractivity contribution in [2.45, 2.75) is 58.3 Å². The largest absolute Gasteiger partial charge is 0.456 e. The summed E-state index contributed by atoms with van der Waals surface area (Å²) in [4.78, 5) is 50.0. The van der Waals surface area contributed by atoms with Crippen molar-refractivity contribution >= 4 is 29.4 Å². The van der Waals surface area contributed by atoms with E-state index in [1.165, 1.54) is 10.5 Å². The van der Waals surface area contributed by atoms with Crippen LogP contribution >= 0.6 is 0 Å². The number of rotatable bonds is 9. The summed E-state index contributed by atoms with van der Waals surface area (Å²) in [5.41, 5.74) is 1.86. The molecule has 0 radical (unpaired) electrons. The first-order chi connectivity index (χ1) is 14.5. The molecule has 1 aromatic carbocycles. The van der Waals surface area contributed by atoms with Crippen LogP contribution in [0.1, 0.15) is 57.4 Å². The summed E-state index contributed by atoms with van der Waals surface area (Å²) < 4.78 is 5.00. The fraction of sp³-hybridized carbons (Fsp3) is 0.565. The number of nitrogens with zero attached hydrogens (tertiary/aromatic N) is 1. The van der Waals surface area contributed by atoms with Crippen molar-refractivity contribution in [3.8, 4) is 0 Å². The van der Waals surface area contributed by atoms with Crippen LogP contribution in [0.5, 0.6) is 0 Å². The molecule has 30 heavy (non-hydrogen) atoms. The van der Waals surface area contributed by atoms with Crippen molar-refractivity contribution in [1.29, 1.82) is 0 Å². The first-order valence-corrected chi connectivity index (χ1v) is 10.9. The molecule has 7 heteroatoms. The quantitative estimate of drug-likeness (QED) is 0.495. The number of hydrogen-bond donors (Lipinski definition) is 1. The van der Waals surface area contributed by atoms with Gasteiger partial charge in [-0.1, -0.05) is 38.3 Å². The maximum absolute atomic E-state index is 12.4. The number of imide groups is 1. The van der Waals surface area contributed by atoms with Crippen LogP contribution in [0.4, 0.5) is 5.69 Å². The molecule has 1 N–H and O–H groups in total.